The zero-order valence-electron chi connectivity index (χ0n) is 10.8. The van der Waals surface area contributed by atoms with Crippen molar-refractivity contribution in [2.45, 2.75) is 20.3 Å². The van der Waals surface area contributed by atoms with Gasteiger partial charge in [0, 0.05) is 11.3 Å². The van der Waals surface area contributed by atoms with Crippen LogP contribution >= 0.6 is 0 Å². The average molecular weight is 267 g/mol. The normalized spacial score (nSPS) is 10.5. The summed E-state index contributed by atoms with van der Waals surface area (Å²) in [6.45, 7) is 7.12. The second-order valence-electron chi connectivity index (χ2n) is 3.83. The summed E-state index contributed by atoms with van der Waals surface area (Å²) in [6.07, 6.45) is 0.409. The van der Waals surface area contributed by atoms with E-state index in [1.807, 2.05) is 14.1 Å². The fourth-order valence-corrected chi connectivity index (χ4v) is 1.08. The highest BCUT2D eigenvalue weighted by molar-refractivity contribution is 7.85. The molecule has 7 heteroatoms. The van der Waals surface area contributed by atoms with Crippen LogP contribution in [0.4, 0.5) is 0 Å². The van der Waals surface area contributed by atoms with Crippen LogP contribution in [0.1, 0.15) is 20.3 Å². The van der Waals surface area contributed by atoms with Gasteiger partial charge in [-0.15, -0.1) is 0 Å². The topological polar surface area (TPSA) is 87.9 Å². The Hall–Kier alpha value is -0.920. The maximum atomic E-state index is 10.7. The molecule has 0 aromatic carbocycles. The predicted molar refractivity (Wildman–Crippen MR) is 63.4 cm³/mol. The van der Waals surface area contributed by atoms with Gasteiger partial charge in [0.1, 0.15) is 0 Å². The van der Waals surface area contributed by atoms with E-state index in [-0.39, 0.29) is 11.7 Å². The van der Waals surface area contributed by atoms with E-state index >= 15 is 0 Å². The third-order valence-corrected chi connectivity index (χ3v) is 2.20. The van der Waals surface area contributed by atoms with E-state index in [2.05, 4.69) is 6.58 Å². The third-order valence-electron chi connectivity index (χ3n) is 1.29. The highest BCUT2D eigenvalue weighted by Gasteiger charge is 2.03. The van der Waals surface area contributed by atoms with E-state index in [1.165, 1.54) is 0 Å². The van der Waals surface area contributed by atoms with Crippen molar-refractivity contribution >= 4 is 16.1 Å². The Morgan fingerprint density at radius 2 is 1.88 bits per heavy atom. The van der Waals surface area contributed by atoms with E-state index in [0.29, 0.717) is 18.7 Å². The van der Waals surface area contributed by atoms with E-state index in [0.717, 1.165) is 4.90 Å². The van der Waals surface area contributed by atoms with Gasteiger partial charge in [0.15, 0.2) is 0 Å². The van der Waals surface area contributed by atoms with Crippen molar-refractivity contribution in [3.63, 3.8) is 0 Å². The minimum atomic E-state index is -3.92. The van der Waals surface area contributed by atoms with Gasteiger partial charge in [-0.25, -0.2) is 13.2 Å². The molecule has 0 atom stereocenters. The van der Waals surface area contributed by atoms with Crippen molar-refractivity contribution in [1.82, 2.24) is 0 Å². The van der Waals surface area contributed by atoms with Crippen LogP contribution in [0, 0.1) is 0 Å². The molecule has 0 fully saturated rings. The lowest BCUT2D eigenvalue weighted by Gasteiger charge is -2.06. The molecule has 0 saturated heterocycles. The molecule has 0 radical (unpaired) electrons. The minimum Gasteiger partial charge on any atom is -0.748 e. The fraction of sp³-hybridized carbons (Fsp3) is 0.700. The molecule has 0 rings (SSSR count). The van der Waals surface area contributed by atoms with Gasteiger partial charge in [-0.3, -0.25) is 0 Å². The first kappa shape index (κ1) is 18.4. The monoisotopic (exact) mass is 267 g/mol. The fourth-order valence-electron chi connectivity index (χ4n) is 0.583. The van der Waals surface area contributed by atoms with Crippen LogP contribution in [0.2, 0.25) is 0 Å². The van der Waals surface area contributed by atoms with Crippen molar-refractivity contribution in [2.75, 3.05) is 26.6 Å². The Morgan fingerprint density at radius 3 is 2.06 bits per heavy atom. The Morgan fingerprint density at radius 1 is 1.41 bits per heavy atom. The predicted octanol–water partition coefficient (Wildman–Crippen LogP) is -0.851. The number of carbonyl (C=O) groups is 1. The molecule has 0 aliphatic rings. The second kappa shape index (κ2) is 9.15. The lowest BCUT2D eigenvalue weighted by atomic mass is 10.4. The van der Waals surface area contributed by atoms with E-state index in [9.17, 15) is 17.8 Å². The first-order valence-corrected chi connectivity index (χ1v) is 6.73. The molecule has 0 heterocycles. The Bertz CT molecular complexity index is 335. The standard InChI is InChI=1S/C7H13NO2.C3H8O3S/c1-6(2)7(9)10-5-8(3)4;1-2-3-7(4,5)6/h1,5H2,2-4H3;2-3H2,1H3,(H,4,5,6). The number of nitrogens with one attached hydrogen (secondary N) is 1. The summed E-state index contributed by atoms with van der Waals surface area (Å²) >= 11 is 0. The number of hydrogen-bond acceptors (Lipinski definition) is 5. The van der Waals surface area contributed by atoms with Gasteiger partial charge < -0.3 is 14.2 Å². The minimum absolute atomic E-state index is 0.243. The Labute approximate surface area is 103 Å². The van der Waals surface area contributed by atoms with Crippen molar-refractivity contribution in [3.8, 4) is 0 Å². The van der Waals surface area contributed by atoms with Crippen molar-refractivity contribution < 1.29 is 27.4 Å². The van der Waals surface area contributed by atoms with Crippen LogP contribution in [-0.4, -0.2) is 45.5 Å². The lowest BCUT2D eigenvalue weighted by molar-refractivity contribution is -0.877. The van der Waals surface area contributed by atoms with Gasteiger partial charge in [0.25, 0.3) is 0 Å². The van der Waals surface area contributed by atoms with Crippen LogP contribution in [0.25, 0.3) is 0 Å². The summed E-state index contributed by atoms with van der Waals surface area (Å²) in [4.78, 5) is 11.8. The zero-order valence-corrected chi connectivity index (χ0v) is 11.6. The van der Waals surface area contributed by atoms with Crippen LogP contribution in [0.5, 0.6) is 0 Å². The molecule has 0 spiro atoms. The molecular formula is C10H21NO5S. The number of quaternary nitrogens is 1. The first-order chi connectivity index (χ1) is 7.60. The molecule has 17 heavy (non-hydrogen) atoms. The second-order valence-corrected chi connectivity index (χ2v) is 5.35. The van der Waals surface area contributed by atoms with Gasteiger partial charge in [0.05, 0.1) is 24.2 Å². The average Bonchev–Trinajstić information content (AvgIpc) is 2.12. The molecule has 0 saturated carbocycles. The number of carbonyl (C=O) groups excluding carboxylic acids is 1. The van der Waals surface area contributed by atoms with Crippen LogP contribution in [0.15, 0.2) is 12.2 Å². The number of hydrogen-bond donors (Lipinski definition) is 1. The molecule has 0 aromatic rings. The molecule has 6 nitrogen and oxygen atoms in total. The smallest absolute Gasteiger partial charge is 0.337 e. The SMILES string of the molecule is C=C(C)C(=O)OC[NH+](C)C.CCCS(=O)(=O)[O-]. The third kappa shape index (κ3) is 17.7. The zero-order chi connectivity index (χ0) is 14.1. The van der Waals surface area contributed by atoms with Gasteiger partial charge in [-0.1, -0.05) is 13.5 Å². The maximum absolute atomic E-state index is 10.7. The highest BCUT2D eigenvalue weighted by atomic mass is 32.2. The molecule has 0 unspecified atom stereocenters. The molecular weight excluding hydrogens is 246 g/mol. The number of ether oxygens (including phenoxy) is 1. The molecule has 0 aliphatic heterocycles. The summed E-state index contributed by atoms with van der Waals surface area (Å²) in [5.74, 6) is -0.561. The van der Waals surface area contributed by atoms with Crippen LogP contribution in [-0.2, 0) is 19.6 Å². The molecule has 0 aliphatic carbocycles. The van der Waals surface area contributed by atoms with Gasteiger partial charge >= 0.3 is 5.97 Å². The molecule has 0 bridgehead atoms. The van der Waals surface area contributed by atoms with Crippen LogP contribution in [0.3, 0.4) is 0 Å². The summed E-state index contributed by atoms with van der Waals surface area (Å²) in [5.41, 5.74) is 0.446. The summed E-state index contributed by atoms with van der Waals surface area (Å²) in [7, 11) is -0.107. The highest BCUT2D eigenvalue weighted by Crippen LogP contribution is 1.88. The van der Waals surface area contributed by atoms with Crippen molar-refractivity contribution in [3.05, 3.63) is 12.2 Å². The van der Waals surface area contributed by atoms with E-state index < -0.39 is 10.1 Å². The Balaban J connectivity index is 0. The molecule has 1 N–H and O–H groups in total. The summed E-state index contributed by atoms with van der Waals surface area (Å²) in [5, 5.41) is 0. The summed E-state index contributed by atoms with van der Waals surface area (Å²) < 4.78 is 33.8. The molecule has 0 aromatic heterocycles. The first-order valence-electron chi connectivity index (χ1n) is 5.15. The number of rotatable bonds is 5. The van der Waals surface area contributed by atoms with Gasteiger partial charge in [-0.05, 0) is 13.3 Å². The maximum Gasteiger partial charge on any atom is 0.337 e. The quantitative estimate of drug-likeness (QED) is 0.303. The van der Waals surface area contributed by atoms with Crippen molar-refractivity contribution in [2.24, 2.45) is 0 Å². The molecule has 102 valence electrons. The van der Waals surface area contributed by atoms with Gasteiger partial charge in [0.2, 0.25) is 6.73 Å². The summed E-state index contributed by atoms with van der Waals surface area (Å²) in [6, 6.07) is 0. The largest absolute Gasteiger partial charge is 0.748 e. The van der Waals surface area contributed by atoms with E-state index in [4.69, 9.17) is 4.74 Å². The van der Waals surface area contributed by atoms with E-state index in [1.54, 1.807) is 13.8 Å². The number of esters is 1. The Kier molecular flexibility index (Phi) is 9.92. The van der Waals surface area contributed by atoms with Gasteiger partial charge in [-0.2, -0.15) is 0 Å². The van der Waals surface area contributed by atoms with Crippen molar-refractivity contribution in [1.29, 1.82) is 0 Å². The lowest BCUT2D eigenvalue weighted by Crippen LogP contribution is -3.06. The van der Waals surface area contributed by atoms with Crippen LogP contribution < -0.4 is 4.90 Å². The molecule has 0 amide bonds.